The van der Waals surface area contributed by atoms with E-state index in [1.807, 2.05) is 46.8 Å². The number of ketones is 3. The number of carbonyl (C=O) groups is 4. The molecule has 1 fully saturated rings. The van der Waals surface area contributed by atoms with Crippen LogP contribution in [0.3, 0.4) is 0 Å². The minimum Gasteiger partial charge on any atom is -0.469 e. The first-order valence-corrected chi connectivity index (χ1v) is 18.4. The number of rotatable bonds is 2. The lowest BCUT2D eigenvalue weighted by molar-refractivity contribution is -0.234. The van der Waals surface area contributed by atoms with Crippen molar-refractivity contribution in [3.8, 4) is 0 Å². The van der Waals surface area contributed by atoms with Gasteiger partial charge in [0.25, 0.3) is 0 Å². The maximum atomic E-state index is 14.6. The average molecular weight is 697 g/mol. The molecule has 2 aliphatic carbocycles. The van der Waals surface area contributed by atoms with Crippen molar-refractivity contribution in [1.29, 1.82) is 0 Å². The molecule has 1 saturated heterocycles. The Kier molecular flexibility index (Phi) is 12.4. The van der Waals surface area contributed by atoms with E-state index in [-0.39, 0.29) is 49.0 Å². The number of carbonyl (C=O) groups excluding carboxylic acids is 4. The lowest BCUT2D eigenvalue weighted by Gasteiger charge is -2.50. The first-order valence-electron chi connectivity index (χ1n) is 18.4. The first kappa shape index (κ1) is 40.1. The van der Waals surface area contributed by atoms with Crippen molar-refractivity contribution in [3.05, 3.63) is 46.1 Å². The van der Waals surface area contributed by atoms with Gasteiger partial charge in [-0.25, -0.2) is 0 Å². The molecule has 278 valence electrons. The van der Waals surface area contributed by atoms with Crippen LogP contribution in [-0.4, -0.2) is 75.3 Å². The maximum absolute atomic E-state index is 14.6. The lowest BCUT2D eigenvalue weighted by Crippen LogP contribution is -2.59. The van der Waals surface area contributed by atoms with Gasteiger partial charge >= 0.3 is 5.97 Å². The zero-order valence-corrected chi connectivity index (χ0v) is 31.6. The molecular weight excluding hydrogens is 636 g/mol. The number of hydrogen-bond acceptors (Lipinski definition) is 9. The van der Waals surface area contributed by atoms with Gasteiger partial charge in [0.05, 0.1) is 36.4 Å². The first-order chi connectivity index (χ1) is 23.3. The Bertz CT molecular complexity index is 1470. The normalized spacial score (nSPS) is 41.5. The van der Waals surface area contributed by atoms with Crippen molar-refractivity contribution in [1.82, 2.24) is 0 Å². The summed E-state index contributed by atoms with van der Waals surface area (Å²) >= 11 is 0. The van der Waals surface area contributed by atoms with E-state index < -0.39 is 58.7 Å². The highest BCUT2D eigenvalue weighted by Crippen LogP contribution is 2.55. The van der Waals surface area contributed by atoms with Gasteiger partial charge in [-0.1, -0.05) is 48.3 Å². The molecule has 4 rings (SSSR count). The van der Waals surface area contributed by atoms with Crippen LogP contribution in [0.5, 0.6) is 0 Å². The third-order valence-corrected chi connectivity index (χ3v) is 12.4. The van der Waals surface area contributed by atoms with Gasteiger partial charge in [0, 0.05) is 30.6 Å². The van der Waals surface area contributed by atoms with Gasteiger partial charge in [-0.15, -0.1) is 0 Å². The van der Waals surface area contributed by atoms with Crippen LogP contribution in [0.15, 0.2) is 46.1 Å². The van der Waals surface area contributed by atoms with E-state index in [0.29, 0.717) is 49.7 Å². The minimum atomic E-state index is -1.71. The second-order valence-electron chi connectivity index (χ2n) is 16.5. The summed E-state index contributed by atoms with van der Waals surface area (Å²) in [6.07, 6.45) is 5.25. The Morgan fingerprint density at radius 3 is 2.28 bits per heavy atom. The Morgan fingerprint density at radius 2 is 1.64 bits per heavy atom. The van der Waals surface area contributed by atoms with E-state index in [2.05, 4.69) is 0 Å². The Balaban J connectivity index is 2.00. The molecule has 3 N–H and O–H groups in total. The number of allylic oxidation sites excluding steroid dienone is 7. The summed E-state index contributed by atoms with van der Waals surface area (Å²) in [6.45, 7) is 14.5. The highest BCUT2D eigenvalue weighted by atomic mass is 16.5. The number of fused-ring (bicyclic) bond motifs is 5. The van der Waals surface area contributed by atoms with Crippen molar-refractivity contribution in [2.45, 2.75) is 149 Å². The van der Waals surface area contributed by atoms with Crippen molar-refractivity contribution >= 4 is 23.3 Å². The summed E-state index contributed by atoms with van der Waals surface area (Å²) in [5.74, 6) is -4.06. The number of esters is 1. The predicted molar refractivity (Wildman–Crippen MR) is 191 cm³/mol. The van der Waals surface area contributed by atoms with Crippen LogP contribution < -0.4 is 0 Å². The third kappa shape index (κ3) is 8.01. The van der Waals surface area contributed by atoms with E-state index in [1.165, 1.54) is 7.11 Å². The summed E-state index contributed by atoms with van der Waals surface area (Å²) in [5, 5.41) is 34.9. The lowest BCUT2D eigenvalue weighted by atomic mass is 9.53. The fourth-order valence-electron chi connectivity index (χ4n) is 8.79. The summed E-state index contributed by atoms with van der Waals surface area (Å²) in [7, 11) is 1.27. The Morgan fingerprint density at radius 1 is 0.960 bits per heavy atom. The van der Waals surface area contributed by atoms with Gasteiger partial charge in [0.2, 0.25) is 0 Å². The molecule has 0 amide bonds. The van der Waals surface area contributed by atoms with Gasteiger partial charge < -0.3 is 24.8 Å². The Hall–Kier alpha value is -2.72. The van der Waals surface area contributed by atoms with Crippen molar-refractivity contribution in [3.63, 3.8) is 0 Å². The van der Waals surface area contributed by atoms with Crippen LogP contribution in [0.1, 0.15) is 120 Å². The predicted octanol–water partition coefficient (Wildman–Crippen LogP) is 6.09. The highest BCUT2D eigenvalue weighted by Gasteiger charge is 2.60. The van der Waals surface area contributed by atoms with E-state index >= 15 is 0 Å². The monoisotopic (exact) mass is 696 g/mol. The third-order valence-electron chi connectivity index (χ3n) is 12.4. The zero-order valence-electron chi connectivity index (χ0n) is 31.6. The molecular formula is C41H60O9. The molecule has 4 aliphatic rings. The van der Waals surface area contributed by atoms with Gasteiger partial charge in [0.1, 0.15) is 11.4 Å². The smallest absolute Gasteiger partial charge is 0.313 e. The molecule has 0 unspecified atom stereocenters. The quantitative estimate of drug-likeness (QED) is 0.231. The Labute approximate surface area is 298 Å². The van der Waals surface area contributed by atoms with E-state index in [9.17, 15) is 34.5 Å². The van der Waals surface area contributed by atoms with Crippen LogP contribution in [0, 0.1) is 29.1 Å². The number of aliphatic hydroxyl groups excluding tert-OH is 1. The standard InChI is InChI=1S/C41H60O9/c1-23(2)28-20-32(42)26(5)12-10-11-24(3)18-33(43)31-19-27(6)29-21-35(45)40(8,48)37-15-16-39(7,47)36(50-37)14-13-25(4)17-30(29)41(31,22-34(28)44)38(46)49-9/h12,17-18,23,28,30-31,35-37,45,47-48H,10-11,13-16,19-22H2,1-9H3/b24-18-,25-17+,26-12+/t28-,30-,31+,35-,36-,37+,39+,40-,41+/m0/s1. The van der Waals surface area contributed by atoms with Crippen LogP contribution in [0.4, 0.5) is 0 Å². The topological polar surface area (TPSA) is 147 Å². The fraction of sp³-hybridized carbons (Fsp3) is 0.707. The fourth-order valence-corrected chi connectivity index (χ4v) is 8.79. The van der Waals surface area contributed by atoms with Crippen molar-refractivity contribution in [2.75, 3.05) is 7.11 Å². The molecule has 9 nitrogen and oxygen atoms in total. The summed E-state index contributed by atoms with van der Waals surface area (Å²) in [4.78, 5) is 57.1. The second kappa shape index (κ2) is 15.5. The SMILES string of the molecule is COC(=O)[C@@]12CC(=O)[C@H](C(C)C)CC(=O)/C(C)=C/CC/C(C)=C\C(=O)[C@H]1CC(C)=C1C[C@H](O)[C@](C)(O)[C@H]3CC[C@@](C)(O)[C@H](CC/C(C)=C/[C@@H]12)O3. The second-order valence-corrected chi connectivity index (χ2v) is 16.5. The molecule has 0 spiro atoms. The molecule has 9 atom stereocenters. The number of hydrogen-bond donors (Lipinski definition) is 3. The summed E-state index contributed by atoms with van der Waals surface area (Å²) in [6, 6.07) is 0. The summed E-state index contributed by atoms with van der Waals surface area (Å²) < 4.78 is 11.9. The van der Waals surface area contributed by atoms with Crippen LogP contribution in [0.2, 0.25) is 0 Å². The van der Waals surface area contributed by atoms with Crippen LogP contribution >= 0.6 is 0 Å². The maximum Gasteiger partial charge on any atom is 0.313 e. The van der Waals surface area contributed by atoms with Gasteiger partial charge in [-0.3, -0.25) is 19.2 Å². The molecule has 2 heterocycles. The zero-order chi connectivity index (χ0) is 37.3. The molecule has 0 saturated carbocycles. The molecule has 0 radical (unpaired) electrons. The molecule has 9 heteroatoms. The number of aliphatic hydroxyl groups is 3. The molecule has 2 bridgehead atoms. The van der Waals surface area contributed by atoms with Gasteiger partial charge in [-0.05, 0) is 110 Å². The number of Topliss-reactive ketones (excluding diaryl/α,β-unsaturated/α-hetero) is 2. The van der Waals surface area contributed by atoms with Crippen molar-refractivity contribution in [2.24, 2.45) is 29.1 Å². The molecule has 0 aromatic rings. The van der Waals surface area contributed by atoms with Crippen molar-refractivity contribution < 1.29 is 44.0 Å². The average Bonchev–Trinajstić information content (AvgIpc) is 3.03. The van der Waals surface area contributed by atoms with Gasteiger partial charge in [0.15, 0.2) is 11.6 Å². The van der Waals surface area contributed by atoms with Gasteiger partial charge in [-0.2, -0.15) is 0 Å². The molecule has 50 heavy (non-hydrogen) atoms. The largest absolute Gasteiger partial charge is 0.469 e. The van der Waals surface area contributed by atoms with E-state index in [4.69, 9.17) is 9.47 Å². The minimum absolute atomic E-state index is 0.00490. The molecule has 0 aromatic carbocycles. The van der Waals surface area contributed by atoms with E-state index in [1.54, 1.807) is 26.8 Å². The van der Waals surface area contributed by atoms with Crippen LogP contribution in [0.25, 0.3) is 0 Å². The molecule has 0 aromatic heterocycles. The highest BCUT2D eigenvalue weighted by molar-refractivity contribution is 6.02. The van der Waals surface area contributed by atoms with E-state index in [0.717, 1.165) is 16.7 Å². The molecule has 2 aliphatic heterocycles. The number of methoxy groups -OCH3 is 1. The summed E-state index contributed by atoms with van der Waals surface area (Å²) in [5.41, 5.74) is -0.799. The van der Waals surface area contributed by atoms with Crippen LogP contribution in [-0.2, 0) is 28.7 Å². The number of ether oxygens (including phenoxy) is 2.